The van der Waals surface area contributed by atoms with Gasteiger partial charge in [0.2, 0.25) is 0 Å². The van der Waals surface area contributed by atoms with Gasteiger partial charge in [-0.25, -0.2) is 4.79 Å². The smallest absolute Gasteiger partial charge is 0.331 e. The van der Waals surface area contributed by atoms with Crippen LogP contribution in [0.5, 0.6) is 23.0 Å². The fraction of sp³-hybridized carbons (Fsp3) is 0.558. The molecule has 24 heteroatoms. The minimum atomic E-state index is -1.92. The Bertz CT molecular complexity index is 2070. The number of rotatable bonds is 17. The molecule has 0 bridgehead atoms. The van der Waals surface area contributed by atoms with Crippen LogP contribution in [0.15, 0.2) is 42.5 Å². The summed E-state index contributed by atoms with van der Waals surface area (Å²) in [7, 11) is 0. The predicted octanol–water partition coefficient (Wildman–Crippen LogP) is -0.908. The number of aromatic hydroxyl groups is 4. The van der Waals surface area contributed by atoms with E-state index in [-0.39, 0.29) is 18.6 Å². The van der Waals surface area contributed by atoms with Crippen molar-refractivity contribution in [3.63, 3.8) is 0 Å². The monoisotopic (exact) mass is 954 g/mol. The molecule has 8 N–H and O–H groups in total. The molecule has 0 spiro atoms. The summed E-state index contributed by atoms with van der Waals surface area (Å²) in [5.41, 5.74) is 0.668. The highest BCUT2D eigenvalue weighted by Crippen LogP contribution is 2.37. The van der Waals surface area contributed by atoms with Crippen LogP contribution in [-0.4, -0.2) is 183 Å². The van der Waals surface area contributed by atoms with Crippen molar-refractivity contribution in [1.82, 2.24) is 0 Å². The van der Waals surface area contributed by atoms with Gasteiger partial charge in [0.05, 0.1) is 25.9 Å². The molecule has 5 rings (SSSR count). The zero-order chi connectivity index (χ0) is 49.3. The maximum absolute atomic E-state index is 13.8. The van der Waals surface area contributed by atoms with Gasteiger partial charge in [-0.3, -0.25) is 19.2 Å². The average Bonchev–Trinajstić information content (AvgIpc) is 3.25. The summed E-state index contributed by atoms with van der Waals surface area (Å²) < 4.78 is 64.5. The van der Waals surface area contributed by atoms with Gasteiger partial charge in [0.1, 0.15) is 36.6 Å². The van der Waals surface area contributed by atoms with Crippen molar-refractivity contribution in [3.05, 3.63) is 53.6 Å². The van der Waals surface area contributed by atoms with Crippen LogP contribution in [0.2, 0.25) is 0 Å². The van der Waals surface area contributed by atoms with Crippen LogP contribution in [0.4, 0.5) is 0 Å². The number of phenols is 4. The first-order valence-electron chi connectivity index (χ1n) is 20.8. The highest BCUT2D eigenvalue weighted by Gasteiger charge is 2.57. The number of ether oxygens (including phenoxy) is 11. The lowest BCUT2D eigenvalue weighted by Gasteiger charge is -2.49. The number of aliphatic hydroxyl groups is 4. The number of carbonyl (C=O) groups is 5. The molecular formula is C43H54O24. The van der Waals surface area contributed by atoms with Crippen molar-refractivity contribution in [3.8, 4) is 23.0 Å². The lowest BCUT2D eigenvalue weighted by molar-refractivity contribution is -0.365. The van der Waals surface area contributed by atoms with Crippen molar-refractivity contribution in [1.29, 1.82) is 0 Å². The van der Waals surface area contributed by atoms with Gasteiger partial charge >= 0.3 is 29.8 Å². The number of carbonyl (C=O) groups excluding carboxylic acids is 5. The summed E-state index contributed by atoms with van der Waals surface area (Å²) in [5.74, 6) is -6.59. The lowest BCUT2D eigenvalue weighted by atomic mass is 9.96. The molecule has 0 aliphatic carbocycles. The zero-order valence-electron chi connectivity index (χ0n) is 36.7. The first-order chi connectivity index (χ1) is 31.7. The van der Waals surface area contributed by atoms with Gasteiger partial charge < -0.3 is 93.0 Å². The Morgan fingerprint density at radius 2 is 1.15 bits per heavy atom. The van der Waals surface area contributed by atoms with E-state index in [1.54, 1.807) is 0 Å². The molecule has 15 atom stereocenters. The summed E-state index contributed by atoms with van der Waals surface area (Å²) >= 11 is 0. The lowest BCUT2D eigenvalue weighted by Crippen LogP contribution is -2.67. The molecule has 0 aromatic heterocycles. The predicted molar refractivity (Wildman–Crippen MR) is 218 cm³/mol. The quantitative estimate of drug-likeness (QED) is 0.0412. The summed E-state index contributed by atoms with van der Waals surface area (Å²) in [6.45, 7) is 3.68. The number of aliphatic hydroxyl groups excluding tert-OH is 4. The molecule has 370 valence electrons. The summed E-state index contributed by atoms with van der Waals surface area (Å²) in [5, 5.41) is 81.1. The largest absolute Gasteiger partial charge is 0.504 e. The molecule has 0 saturated carbocycles. The first kappa shape index (κ1) is 52.3. The van der Waals surface area contributed by atoms with Crippen LogP contribution in [0, 0.1) is 0 Å². The van der Waals surface area contributed by atoms with E-state index in [0.717, 1.165) is 45.9 Å². The molecule has 24 nitrogen and oxygen atoms in total. The second kappa shape index (κ2) is 23.4. The van der Waals surface area contributed by atoms with E-state index in [2.05, 4.69) is 0 Å². The molecule has 2 aromatic carbocycles. The van der Waals surface area contributed by atoms with Gasteiger partial charge in [0, 0.05) is 33.8 Å². The topological polar surface area (TPSA) is 349 Å². The van der Waals surface area contributed by atoms with Crippen LogP contribution in [0.25, 0.3) is 6.08 Å². The number of benzene rings is 2. The van der Waals surface area contributed by atoms with E-state index in [1.165, 1.54) is 37.3 Å². The van der Waals surface area contributed by atoms with Crippen LogP contribution in [-0.2, 0) is 82.5 Å². The van der Waals surface area contributed by atoms with Gasteiger partial charge in [0.15, 0.2) is 72.4 Å². The van der Waals surface area contributed by atoms with Crippen molar-refractivity contribution in [2.45, 2.75) is 133 Å². The van der Waals surface area contributed by atoms with Crippen molar-refractivity contribution in [2.75, 3.05) is 19.8 Å². The number of hydrogen-bond acceptors (Lipinski definition) is 24. The van der Waals surface area contributed by atoms with Gasteiger partial charge in [-0.15, -0.1) is 0 Å². The Hall–Kier alpha value is -5.67. The molecule has 3 aliphatic heterocycles. The average molecular weight is 955 g/mol. The van der Waals surface area contributed by atoms with Crippen LogP contribution in [0.3, 0.4) is 0 Å². The van der Waals surface area contributed by atoms with E-state index < -0.39 is 158 Å². The maximum atomic E-state index is 13.8. The Morgan fingerprint density at radius 3 is 1.75 bits per heavy atom. The van der Waals surface area contributed by atoms with Crippen molar-refractivity contribution in [2.24, 2.45) is 0 Å². The fourth-order valence-corrected chi connectivity index (χ4v) is 7.39. The second-order valence-electron chi connectivity index (χ2n) is 15.6. The number of hydrogen-bond donors (Lipinski definition) is 8. The molecule has 3 heterocycles. The standard InChI is InChI=1S/C43H54O24/c1-18-35(60-19(2)45)37(61-20(3)46)40(63-22(5)48)43(59-18)67-38-36(66-31(53)11-8-23-6-9-25(49)27(51)14-23)30(17-58-41-34(56)33(55)32(54)29(16-44)64-41)65-42(39(38)62-21(4)47)57-13-12-24-7-10-26(50)28(52)15-24/h6-11,14-15,18,29-30,32-44,49-52,54-56H,12-13,16-17H2,1-5H3. The Labute approximate surface area is 382 Å². The van der Waals surface area contributed by atoms with Crippen LogP contribution < -0.4 is 0 Å². The molecule has 2 aromatic rings. The molecular weight excluding hydrogens is 900 g/mol. The molecule has 3 aliphatic rings. The van der Waals surface area contributed by atoms with Gasteiger partial charge in [0.25, 0.3) is 0 Å². The van der Waals surface area contributed by atoms with E-state index in [9.17, 15) is 64.8 Å². The Balaban J connectivity index is 1.60. The minimum absolute atomic E-state index is 0.0352. The third-order valence-electron chi connectivity index (χ3n) is 10.5. The molecule has 0 amide bonds. The van der Waals surface area contributed by atoms with Gasteiger partial charge in [-0.1, -0.05) is 12.1 Å². The number of esters is 5. The summed E-state index contributed by atoms with van der Waals surface area (Å²) in [6, 6.07) is 7.60. The normalized spacial score (nSPS) is 31.9. The Morgan fingerprint density at radius 1 is 0.582 bits per heavy atom. The van der Waals surface area contributed by atoms with E-state index in [4.69, 9.17) is 52.1 Å². The van der Waals surface area contributed by atoms with Crippen LogP contribution in [0.1, 0.15) is 45.7 Å². The van der Waals surface area contributed by atoms with Crippen molar-refractivity contribution >= 4 is 35.9 Å². The highest BCUT2D eigenvalue weighted by molar-refractivity contribution is 5.87. The maximum Gasteiger partial charge on any atom is 0.331 e. The molecule has 3 saturated heterocycles. The molecule has 0 radical (unpaired) electrons. The Kier molecular flexibility index (Phi) is 18.2. The molecule has 3 fully saturated rings. The van der Waals surface area contributed by atoms with Gasteiger partial charge in [-0.05, 0) is 54.8 Å². The van der Waals surface area contributed by atoms with Gasteiger partial charge in [-0.2, -0.15) is 0 Å². The third kappa shape index (κ3) is 13.7. The zero-order valence-corrected chi connectivity index (χ0v) is 36.7. The third-order valence-corrected chi connectivity index (χ3v) is 10.5. The van der Waals surface area contributed by atoms with E-state index in [1.807, 2.05) is 0 Å². The minimum Gasteiger partial charge on any atom is -0.504 e. The van der Waals surface area contributed by atoms with Crippen molar-refractivity contribution < 1.29 is 117 Å². The van der Waals surface area contributed by atoms with Crippen LogP contribution >= 0.6 is 0 Å². The highest BCUT2D eigenvalue weighted by atomic mass is 16.8. The second-order valence-corrected chi connectivity index (χ2v) is 15.6. The SMILES string of the molecule is CC(=O)OC1C(C)OC(OC2C(OC(=O)C=Cc3ccc(O)c(O)c3)C(COC3OC(CO)C(O)C(O)C3O)OC(OCCc3ccc(O)c(O)c3)C2OC(C)=O)C(OC(C)=O)C1OC(C)=O. The summed E-state index contributed by atoms with van der Waals surface area (Å²) in [6.07, 6.45) is -23.2. The molecule has 67 heavy (non-hydrogen) atoms. The fourth-order valence-electron chi connectivity index (χ4n) is 7.39. The molecule has 15 unspecified atom stereocenters. The first-order valence-corrected chi connectivity index (χ1v) is 20.8. The van der Waals surface area contributed by atoms with E-state index >= 15 is 0 Å². The van der Waals surface area contributed by atoms with E-state index in [0.29, 0.717) is 5.56 Å². The summed E-state index contributed by atoms with van der Waals surface area (Å²) in [4.78, 5) is 64.0. The number of phenolic OH excluding ortho intramolecular Hbond substituents is 4.